The number of thiophene rings is 1. The van der Waals surface area contributed by atoms with Crippen molar-refractivity contribution in [2.45, 2.75) is 18.2 Å². The second-order valence-electron chi connectivity index (χ2n) is 3.11. The molecule has 0 atom stereocenters. The third-order valence-corrected chi connectivity index (χ3v) is 3.90. The predicted molar refractivity (Wildman–Crippen MR) is 63.8 cm³/mol. The Hall–Kier alpha value is -0.800. The average molecular weight is 222 g/mol. The van der Waals surface area contributed by atoms with Gasteiger partial charge in [-0.1, -0.05) is 6.92 Å². The highest BCUT2D eigenvalue weighted by Crippen LogP contribution is 2.32. The number of carbonyl (C=O) groups is 1. The maximum atomic E-state index is 10.8. The van der Waals surface area contributed by atoms with E-state index < -0.39 is 0 Å². The van der Waals surface area contributed by atoms with E-state index in [1.165, 1.54) is 10.9 Å². The monoisotopic (exact) mass is 222 g/mol. The summed E-state index contributed by atoms with van der Waals surface area (Å²) in [6.07, 6.45) is 1.82. The highest BCUT2D eigenvalue weighted by molar-refractivity contribution is 7.80. The van der Waals surface area contributed by atoms with E-state index in [9.17, 15) is 4.79 Å². The SMILES string of the molecule is CCc1cc(C=O)c(S)c2sccc12. The predicted octanol–water partition coefficient (Wildman–Crippen LogP) is 3.56. The first-order valence-electron chi connectivity index (χ1n) is 4.45. The molecule has 0 bridgehead atoms. The van der Waals surface area contributed by atoms with Gasteiger partial charge in [-0.2, -0.15) is 0 Å². The minimum absolute atomic E-state index is 0.695. The molecule has 2 aromatic rings. The van der Waals surface area contributed by atoms with Crippen LogP contribution in [0.3, 0.4) is 0 Å². The van der Waals surface area contributed by atoms with E-state index in [0.717, 1.165) is 22.3 Å². The minimum atomic E-state index is 0.695. The third kappa shape index (κ3) is 1.37. The number of aryl methyl sites for hydroxylation is 1. The van der Waals surface area contributed by atoms with Crippen molar-refractivity contribution in [3.8, 4) is 0 Å². The maximum absolute atomic E-state index is 10.8. The molecule has 0 spiro atoms. The molecule has 2 rings (SSSR count). The minimum Gasteiger partial charge on any atom is -0.298 e. The molecule has 0 aliphatic carbocycles. The molecule has 1 heterocycles. The van der Waals surface area contributed by atoms with E-state index in [0.29, 0.717) is 5.56 Å². The third-order valence-electron chi connectivity index (χ3n) is 2.34. The van der Waals surface area contributed by atoms with Crippen LogP contribution in [0.5, 0.6) is 0 Å². The summed E-state index contributed by atoms with van der Waals surface area (Å²) in [6, 6.07) is 4.03. The number of aldehydes is 1. The fourth-order valence-electron chi connectivity index (χ4n) is 1.59. The van der Waals surface area contributed by atoms with Gasteiger partial charge >= 0.3 is 0 Å². The molecule has 0 amide bonds. The summed E-state index contributed by atoms with van der Waals surface area (Å²) in [5.41, 5.74) is 1.92. The number of hydrogen-bond donors (Lipinski definition) is 1. The Balaban J connectivity index is 2.86. The number of fused-ring (bicyclic) bond motifs is 1. The van der Waals surface area contributed by atoms with Crippen molar-refractivity contribution < 1.29 is 4.79 Å². The van der Waals surface area contributed by atoms with Crippen LogP contribution in [0.15, 0.2) is 22.4 Å². The molecule has 14 heavy (non-hydrogen) atoms. The second-order valence-corrected chi connectivity index (χ2v) is 4.47. The zero-order valence-corrected chi connectivity index (χ0v) is 9.49. The number of hydrogen-bond acceptors (Lipinski definition) is 3. The van der Waals surface area contributed by atoms with Gasteiger partial charge in [-0.25, -0.2) is 0 Å². The lowest BCUT2D eigenvalue weighted by Gasteiger charge is -2.04. The van der Waals surface area contributed by atoms with Crippen LogP contribution in [0.4, 0.5) is 0 Å². The summed E-state index contributed by atoms with van der Waals surface area (Å²) >= 11 is 6.01. The number of benzene rings is 1. The lowest BCUT2D eigenvalue weighted by atomic mass is 10.1. The topological polar surface area (TPSA) is 17.1 Å². The highest BCUT2D eigenvalue weighted by atomic mass is 32.1. The molecular formula is C11H10OS2. The van der Waals surface area contributed by atoms with Crippen molar-refractivity contribution >= 4 is 40.3 Å². The first-order chi connectivity index (χ1) is 6.77. The van der Waals surface area contributed by atoms with Crippen molar-refractivity contribution in [3.05, 3.63) is 28.6 Å². The Bertz CT molecular complexity index is 485. The Morgan fingerprint density at radius 3 is 3.00 bits per heavy atom. The molecule has 0 saturated heterocycles. The van der Waals surface area contributed by atoms with Gasteiger partial charge in [0.05, 0.1) is 0 Å². The van der Waals surface area contributed by atoms with Crippen molar-refractivity contribution in [1.82, 2.24) is 0 Å². The molecule has 0 aliphatic rings. The lowest BCUT2D eigenvalue weighted by Crippen LogP contribution is -1.88. The standard InChI is InChI=1S/C11H10OS2/c1-2-7-5-8(6-12)10(13)11-9(7)3-4-14-11/h3-6,13H,2H2,1H3. The van der Waals surface area contributed by atoms with Crippen molar-refractivity contribution in [2.24, 2.45) is 0 Å². The smallest absolute Gasteiger partial charge is 0.151 e. The average Bonchev–Trinajstić information content (AvgIpc) is 2.68. The summed E-state index contributed by atoms with van der Waals surface area (Å²) in [7, 11) is 0. The van der Waals surface area contributed by atoms with Crippen LogP contribution in [0.2, 0.25) is 0 Å². The molecule has 0 unspecified atom stereocenters. The Kier molecular flexibility index (Phi) is 2.61. The van der Waals surface area contributed by atoms with Crippen LogP contribution in [-0.2, 0) is 6.42 Å². The number of rotatable bonds is 2. The van der Waals surface area contributed by atoms with Crippen LogP contribution < -0.4 is 0 Å². The van der Waals surface area contributed by atoms with Gasteiger partial charge in [-0.15, -0.1) is 24.0 Å². The molecule has 0 radical (unpaired) electrons. The number of thiol groups is 1. The number of carbonyl (C=O) groups excluding carboxylic acids is 1. The summed E-state index contributed by atoms with van der Waals surface area (Å²) in [4.78, 5) is 11.6. The molecule has 72 valence electrons. The summed E-state index contributed by atoms with van der Waals surface area (Å²) < 4.78 is 1.12. The van der Waals surface area contributed by atoms with E-state index >= 15 is 0 Å². The molecule has 1 aromatic heterocycles. The fraction of sp³-hybridized carbons (Fsp3) is 0.182. The maximum Gasteiger partial charge on any atom is 0.151 e. The van der Waals surface area contributed by atoms with Crippen LogP contribution in [0.1, 0.15) is 22.8 Å². The Labute approximate surface area is 92.2 Å². The van der Waals surface area contributed by atoms with Crippen LogP contribution >= 0.6 is 24.0 Å². The van der Waals surface area contributed by atoms with Crippen molar-refractivity contribution in [1.29, 1.82) is 0 Å². The largest absolute Gasteiger partial charge is 0.298 e. The zero-order chi connectivity index (χ0) is 10.1. The molecule has 1 nitrogen and oxygen atoms in total. The van der Waals surface area contributed by atoms with Gasteiger partial charge in [0, 0.05) is 15.2 Å². The quantitative estimate of drug-likeness (QED) is 0.607. The van der Waals surface area contributed by atoms with E-state index in [4.69, 9.17) is 0 Å². The Morgan fingerprint density at radius 1 is 1.57 bits per heavy atom. The molecule has 0 saturated carbocycles. The zero-order valence-electron chi connectivity index (χ0n) is 7.78. The molecule has 1 aromatic carbocycles. The van der Waals surface area contributed by atoms with Gasteiger partial charge in [0.25, 0.3) is 0 Å². The lowest BCUT2D eigenvalue weighted by molar-refractivity contribution is 0.112. The molecule has 3 heteroatoms. The van der Waals surface area contributed by atoms with Gasteiger partial charge in [0.15, 0.2) is 6.29 Å². The highest BCUT2D eigenvalue weighted by Gasteiger charge is 2.08. The van der Waals surface area contributed by atoms with Crippen LogP contribution in [0, 0.1) is 0 Å². The fourth-order valence-corrected chi connectivity index (χ4v) is 2.88. The van der Waals surface area contributed by atoms with Gasteiger partial charge in [0.1, 0.15) is 0 Å². The van der Waals surface area contributed by atoms with Crippen molar-refractivity contribution in [3.63, 3.8) is 0 Å². The molecule has 0 N–H and O–H groups in total. The normalized spacial score (nSPS) is 10.7. The summed E-state index contributed by atoms with van der Waals surface area (Å²) in [6.45, 7) is 2.10. The van der Waals surface area contributed by atoms with Crippen molar-refractivity contribution in [2.75, 3.05) is 0 Å². The first-order valence-corrected chi connectivity index (χ1v) is 5.77. The van der Waals surface area contributed by atoms with Crippen LogP contribution in [0.25, 0.3) is 10.1 Å². The van der Waals surface area contributed by atoms with E-state index in [1.54, 1.807) is 11.3 Å². The van der Waals surface area contributed by atoms with Gasteiger partial charge in [-0.05, 0) is 34.9 Å². The molecular weight excluding hydrogens is 212 g/mol. The Morgan fingerprint density at radius 2 is 2.36 bits per heavy atom. The van der Waals surface area contributed by atoms with Gasteiger partial charge in [0.2, 0.25) is 0 Å². The second kappa shape index (κ2) is 3.75. The summed E-state index contributed by atoms with van der Waals surface area (Å²) in [5, 5.41) is 3.27. The van der Waals surface area contributed by atoms with Crippen LogP contribution in [-0.4, -0.2) is 6.29 Å². The van der Waals surface area contributed by atoms with E-state index in [2.05, 4.69) is 25.6 Å². The van der Waals surface area contributed by atoms with Gasteiger partial charge < -0.3 is 0 Å². The van der Waals surface area contributed by atoms with E-state index in [1.807, 2.05) is 11.4 Å². The van der Waals surface area contributed by atoms with Gasteiger partial charge in [-0.3, -0.25) is 4.79 Å². The molecule has 0 fully saturated rings. The molecule has 0 aliphatic heterocycles. The first kappa shape index (κ1) is 9.74. The van der Waals surface area contributed by atoms with E-state index in [-0.39, 0.29) is 0 Å². The summed E-state index contributed by atoms with van der Waals surface area (Å²) in [5.74, 6) is 0.